The lowest BCUT2D eigenvalue weighted by Crippen LogP contribution is -2.53. The van der Waals surface area contributed by atoms with E-state index in [1.54, 1.807) is 18.4 Å². The number of hydrogen-bond donors (Lipinski definition) is 3. The minimum Gasteiger partial charge on any atom is -0.542 e. The second kappa shape index (κ2) is 7.64. The van der Waals surface area contributed by atoms with Gasteiger partial charge in [0.25, 0.3) is 5.78 Å². The summed E-state index contributed by atoms with van der Waals surface area (Å²) in [5, 5.41) is 16.0. The van der Waals surface area contributed by atoms with Crippen LogP contribution >= 0.6 is 0 Å². The van der Waals surface area contributed by atoms with Gasteiger partial charge in [-0.2, -0.15) is 32.6 Å². The Bertz CT molecular complexity index is 878. The molecule has 0 aliphatic carbocycles. The zero-order valence-electron chi connectivity index (χ0n) is 13.0. The van der Waals surface area contributed by atoms with Crippen LogP contribution in [0.25, 0.3) is 17.4 Å². The lowest BCUT2D eigenvalue weighted by Gasteiger charge is -2.03. The number of fused-ring (bicyclic) bond motifs is 1. The van der Waals surface area contributed by atoms with Crippen LogP contribution in [0.5, 0.6) is 0 Å². The average molecular weight is 374 g/mol. The van der Waals surface area contributed by atoms with Gasteiger partial charge in [-0.05, 0) is 12.1 Å². The van der Waals surface area contributed by atoms with Crippen molar-refractivity contribution in [2.24, 2.45) is 0 Å². The Labute approximate surface area is 142 Å². The van der Waals surface area contributed by atoms with Crippen molar-refractivity contribution in [3.05, 3.63) is 18.4 Å². The first-order chi connectivity index (χ1) is 12.2. The number of nitrogens with zero attached hydrogens (tertiary/aromatic N) is 5. The first kappa shape index (κ1) is 18.9. The van der Waals surface area contributed by atoms with Gasteiger partial charge >= 0.3 is 6.18 Å². The third kappa shape index (κ3) is 4.56. The molecule has 0 spiro atoms. The summed E-state index contributed by atoms with van der Waals surface area (Å²) in [6.45, 7) is 1.38. The Kier molecular flexibility index (Phi) is 5.56. The fourth-order valence-electron chi connectivity index (χ4n) is 1.59. The topological polar surface area (TPSA) is 175 Å². The molecule has 0 fully saturated rings. The van der Waals surface area contributed by atoms with E-state index in [4.69, 9.17) is 20.1 Å². The van der Waals surface area contributed by atoms with Crippen LogP contribution in [-0.2, 0) is 4.79 Å². The summed E-state index contributed by atoms with van der Waals surface area (Å²) in [5.74, 6) is -1.05. The number of carboxylic acid groups (broad SMARTS) is 1. The number of alkyl halides is 3. The van der Waals surface area contributed by atoms with Gasteiger partial charge in [0, 0.05) is 0 Å². The summed E-state index contributed by atoms with van der Waals surface area (Å²) in [5.41, 5.74) is 9.55. The molecule has 0 saturated carbocycles. The number of carbonyl (C=O) groups is 1. The lowest BCUT2D eigenvalue weighted by molar-refractivity contribution is -0.362. The van der Waals surface area contributed by atoms with Gasteiger partial charge in [-0.1, -0.05) is 0 Å². The Morgan fingerprint density at radius 3 is 2.62 bits per heavy atom. The predicted octanol–water partition coefficient (Wildman–Crippen LogP) is -1.69. The van der Waals surface area contributed by atoms with Crippen molar-refractivity contribution in [2.45, 2.75) is 6.18 Å². The van der Waals surface area contributed by atoms with Gasteiger partial charge < -0.3 is 31.1 Å². The molecule has 6 N–H and O–H groups in total. The van der Waals surface area contributed by atoms with Gasteiger partial charge in [-0.3, -0.25) is 0 Å². The van der Waals surface area contributed by atoms with Crippen molar-refractivity contribution in [1.82, 2.24) is 24.6 Å². The molecule has 0 amide bonds. The highest BCUT2D eigenvalue weighted by atomic mass is 19.4. The van der Waals surface area contributed by atoms with E-state index in [-0.39, 0.29) is 5.95 Å². The third-order valence-corrected chi connectivity index (χ3v) is 2.67. The highest BCUT2D eigenvalue weighted by Gasteiger charge is 2.28. The minimum absolute atomic E-state index is 0.210. The molecule has 0 radical (unpaired) electrons. The van der Waals surface area contributed by atoms with Gasteiger partial charge in [0.2, 0.25) is 17.7 Å². The number of halogens is 3. The van der Waals surface area contributed by atoms with Gasteiger partial charge in [0.1, 0.15) is 5.97 Å². The monoisotopic (exact) mass is 374 g/mol. The summed E-state index contributed by atoms with van der Waals surface area (Å²) < 4.78 is 38.1. The molecule has 0 bridgehead atoms. The number of quaternary nitrogens is 1. The Balaban J connectivity index is 0.000000298. The summed E-state index contributed by atoms with van der Waals surface area (Å²) >= 11 is 0. The molecule has 140 valence electrons. The zero-order chi connectivity index (χ0) is 19.3. The van der Waals surface area contributed by atoms with Gasteiger partial charge in [0.15, 0.2) is 5.76 Å². The van der Waals surface area contributed by atoms with Crippen LogP contribution in [0.4, 0.5) is 25.1 Å². The standard InChI is InChI=1S/C10H12N8O.C2HF3O2/c11-3-4-13-9-15-8(12)18-10(16-9)14-7(17-18)6-2-1-5-19-6;3-2(4,5)1(6)7/h1-2,5H,3-4,11H2,(H3,12,13,14,15,16,17);(H,6,7). The number of carboxylic acids is 1. The molecule has 3 aromatic heterocycles. The maximum Gasteiger partial charge on any atom is 0.430 e. The van der Waals surface area contributed by atoms with Gasteiger partial charge in [-0.25, -0.2) is 0 Å². The van der Waals surface area contributed by atoms with Crippen molar-refractivity contribution >= 4 is 23.6 Å². The number of aliphatic carboxylic acids is 1. The molecule has 0 unspecified atom stereocenters. The van der Waals surface area contributed by atoms with Crippen LogP contribution in [0.1, 0.15) is 0 Å². The quantitative estimate of drug-likeness (QED) is 0.481. The Morgan fingerprint density at radius 2 is 2.08 bits per heavy atom. The summed E-state index contributed by atoms with van der Waals surface area (Å²) in [4.78, 5) is 21.4. The van der Waals surface area contributed by atoms with Crippen molar-refractivity contribution in [1.29, 1.82) is 0 Å². The van der Waals surface area contributed by atoms with Crippen LogP contribution in [0.2, 0.25) is 0 Å². The molecule has 0 saturated heterocycles. The van der Waals surface area contributed by atoms with E-state index >= 15 is 0 Å². The Hall–Kier alpha value is -3.42. The number of furan rings is 1. The maximum atomic E-state index is 10.5. The Morgan fingerprint density at radius 1 is 1.38 bits per heavy atom. The summed E-state index contributed by atoms with van der Waals surface area (Å²) in [6, 6.07) is 3.53. The van der Waals surface area contributed by atoms with Crippen LogP contribution in [0.15, 0.2) is 22.8 Å². The number of rotatable bonds is 4. The number of aromatic nitrogens is 5. The molecule has 3 rings (SSSR count). The maximum absolute atomic E-state index is 10.5. The smallest absolute Gasteiger partial charge is 0.430 e. The van der Waals surface area contributed by atoms with E-state index in [0.29, 0.717) is 29.9 Å². The number of carbonyl (C=O) groups excluding carboxylic acids is 1. The SMILES string of the molecule is Nc1nc(NCC[NH3+])nc2nc(-c3ccco3)nn12.O=C([O-])C(F)(F)F. The second-order valence-corrected chi connectivity index (χ2v) is 4.60. The highest BCUT2D eigenvalue weighted by Crippen LogP contribution is 2.17. The molecule has 26 heavy (non-hydrogen) atoms. The molecular weight excluding hydrogens is 361 g/mol. The molecule has 11 nitrogen and oxygen atoms in total. The van der Waals surface area contributed by atoms with E-state index in [0.717, 1.165) is 6.54 Å². The molecule has 0 aromatic carbocycles. The van der Waals surface area contributed by atoms with E-state index in [9.17, 15) is 13.2 Å². The van der Waals surface area contributed by atoms with E-state index in [2.05, 4.69) is 31.1 Å². The normalized spacial score (nSPS) is 11.1. The molecule has 0 aliphatic heterocycles. The lowest BCUT2D eigenvalue weighted by atomic mass is 10.4. The predicted molar refractivity (Wildman–Crippen MR) is 78.0 cm³/mol. The van der Waals surface area contributed by atoms with Gasteiger partial charge in [0.05, 0.1) is 19.4 Å². The number of anilines is 2. The third-order valence-electron chi connectivity index (χ3n) is 2.67. The molecule has 14 heteroatoms. The van der Waals surface area contributed by atoms with Crippen molar-refractivity contribution in [3.8, 4) is 11.6 Å². The summed E-state index contributed by atoms with van der Waals surface area (Å²) in [6.07, 6.45) is -3.64. The van der Waals surface area contributed by atoms with Crippen LogP contribution < -0.4 is 21.9 Å². The van der Waals surface area contributed by atoms with Crippen LogP contribution in [0.3, 0.4) is 0 Å². The zero-order valence-corrected chi connectivity index (χ0v) is 13.0. The second-order valence-electron chi connectivity index (χ2n) is 4.60. The molecule has 3 heterocycles. The minimum atomic E-state index is -5.19. The molecule has 0 aliphatic rings. The summed E-state index contributed by atoms with van der Waals surface area (Å²) in [7, 11) is 0. The van der Waals surface area contributed by atoms with Gasteiger partial charge in [-0.15, -0.1) is 5.10 Å². The van der Waals surface area contributed by atoms with E-state index < -0.39 is 12.1 Å². The van der Waals surface area contributed by atoms with Crippen molar-refractivity contribution in [3.63, 3.8) is 0 Å². The number of nitrogens with two attached hydrogens (primary N) is 1. The number of nitrogen functional groups attached to an aromatic ring is 1. The first-order valence-corrected chi connectivity index (χ1v) is 6.98. The molecular formula is C12H13F3N8O3. The van der Waals surface area contributed by atoms with Crippen molar-refractivity contribution in [2.75, 3.05) is 24.1 Å². The fraction of sp³-hybridized carbons (Fsp3) is 0.250. The van der Waals surface area contributed by atoms with Crippen molar-refractivity contribution < 1.29 is 33.2 Å². The molecule has 3 aromatic rings. The largest absolute Gasteiger partial charge is 0.542 e. The van der Waals surface area contributed by atoms with Crippen LogP contribution in [-0.4, -0.2) is 49.8 Å². The number of nitrogens with one attached hydrogen (secondary N) is 1. The average Bonchev–Trinajstić information content (AvgIpc) is 3.21. The highest BCUT2D eigenvalue weighted by molar-refractivity contribution is 5.70. The van der Waals surface area contributed by atoms with Crippen LogP contribution in [0, 0.1) is 0 Å². The first-order valence-electron chi connectivity index (χ1n) is 6.98. The number of hydrogen-bond acceptors (Lipinski definition) is 9. The molecule has 0 atom stereocenters. The van der Waals surface area contributed by atoms with E-state index in [1.807, 2.05) is 0 Å². The fourth-order valence-corrected chi connectivity index (χ4v) is 1.59. The van der Waals surface area contributed by atoms with E-state index in [1.165, 1.54) is 4.52 Å².